The van der Waals surface area contributed by atoms with Crippen molar-refractivity contribution in [2.45, 2.75) is 32.1 Å². The largest absolute Gasteiger partial charge is 0.492 e. The molecule has 0 saturated carbocycles. The lowest BCUT2D eigenvalue weighted by molar-refractivity contribution is -0.0767. The van der Waals surface area contributed by atoms with E-state index in [0.29, 0.717) is 40.1 Å². The molecule has 1 N–H and O–H groups in total. The SMILES string of the molecule is C[C@@H]1CN([C@@H](c2ccccc2F)c2sc3nc(-c4ccco4)nn3c2O)C[C@H](C)O1. The molecular formula is C21H21FN4O3S. The van der Waals surface area contributed by atoms with Crippen LogP contribution in [0.2, 0.25) is 0 Å². The summed E-state index contributed by atoms with van der Waals surface area (Å²) in [5, 5.41) is 15.4. The van der Waals surface area contributed by atoms with Gasteiger partial charge in [-0.15, -0.1) is 5.10 Å². The van der Waals surface area contributed by atoms with Crippen molar-refractivity contribution >= 4 is 16.3 Å². The van der Waals surface area contributed by atoms with E-state index in [0.717, 1.165) is 0 Å². The summed E-state index contributed by atoms with van der Waals surface area (Å²) in [5.74, 6) is 0.557. The highest BCUT2D eigenvalue weighted by atomic mass is 32.1. The Balaban J connectivity index is 1.62. The molecule has 4 heterocycles. The summed E-state index contributed by atoms with van der Waals surface area (Å²) in [7, 11) is 0. The zero-order valence-corrected chi connectivity index (χ0v) is 17.3. The van der Waals surface area contributed by atoms with Gasteiger partial charge in [0.25, 0.3) is 0 Å². The van der Waals surface area contributed by atoms with Gasteiger partial charge in [-0.3, -0.25) is 4.90 Å². The van der Waals surface area contributed by atoms with Crippen LogP contribution in [-0.4, -0.2) is 49.9 Å². The Morgan fingerprint density at radius 3 is 2.60 bits per heavy atom. The maximum Gasteiger partial charge on any atom is 0.230 e. The lowest BCUT2D eigenvalue weighted by atomic mass is 10.0. The van der Waals surface area contributed by atoms with Crippen molar-refractivity contribution in [3.05, 3.63) is 58.9 Å². The lowest BCUT2D eigenvalue weighted by Crippen LogP contribution is -2.47. The molecule has 7 nitrogen and oxygen atoms in total. The van der Waals surface area contributed by atoms with Gasteiger partial charge in [0.15, 0.2) is 5.76 Å². The van der Waals surface area contributed by atoms with Crippen LogP contribution < -0.4 is 0 Å². The first-order valence-corrected chi connectivity index (χ1v) is 10.6. The summed E-state index contributed by atoms with van der Waals surface area (Å²) >= 11 is 1.30. The van der Waals surface area contributed by atoms with Crippen molar-refractivity contribution in [1.82, 2.24) is 19.5 Å². The topological polar surface area (TPSA) is 76.0 Å². The molecule has 3 aromatic heterocycles. The van der Waals surface area contributed by atoms with Gasteiger partial charge in [-0.2, -0.15) is 9.50 Å². The molecule has 0 radical (unpaired) electrons. The third kappa shape index (κ3) is 3.28. The molecule has 156 valence electrons. The number of morpholine rings is 1. The Bertz CT molecular complexity index is 1160. The number of halogens is 1. The van der Waals surface area contributed by atoms with E-state index >= 15 is 0 Å². The van der Waals surface area contributed by atoms with Crippen molar-refractivity contribution in [3.63, 3.8) is 0 Å². The number of fused-ring (bicyclic) bond motifs is 1. The highest BCUT2D eigenvalue weighted by molar-refractivity contribution is 7.17. The number of ether oxygens (including phenoxy) is 1. The van der Waals surface area contributed by atoms with Gasteiger partial charge in [0.2, 0.25) is 16.7 Å². The van der Waals surface area contributed by atoms with Gasteiger partial charge in [-0.1, -0.05) is 29.5 Å². The second kappa shape index (κ2) is 7.50. The number of benzene rings is 1. The van der Waals surface area contributed by atoms with E-state index in [1.165, 1.54) is 21.9 Å². The second-order valence-electron chi connectivity index (χ2n) is 7.53. The van der Waals surface area contributed by atoms with Crippen molar-refractivity contribution < 1.29 is 18.7 Å². The average molecular weight is 428 g/mol. The van der Waals surface area contributed by atoms with Crippen LogP contribution in [-0.2, 0) is 4.74 Å². The quantitative estimate of drug-likeness (QED) is 0.528. The molecule has 1 aromatic carbocycles. The van der Waals surface area contributed by atoms with E-state index in [1.807, 2.05) is 19.9 Å². The first-order chi connectivity index (χ1) is 14.5. The standard InChI is InChI=1S/C21H21FN4O3S/c1-12-10-25(11-13(2)29-12)17(14-6-3-4-7-15(14)22)18-20(27)26-21(30-18)23-19(24-26)16-8-5-9-28-16/h3-9,12-13,17,27H,10-11H2,1-2H3/t12-,13+,17-/m0/s1. The summed E-state index contributed by atoms with van der Waals surface area (Å²) in [6.45, 7) is 5.24. The first-order valence-electron chi connectivity index (χ1n) is 9.77. The fourth-order valence-corrected chi connectivity index (χ4v) is 5.18. The van der Waals surface area contributed by atoms with Crippen molar-refractivity contribution in [1.29, 1.82) is 0 Å². The van der Waals surface area contributed by atoms with E-state index in [-0.39, 0.29) is 23.9 Å². The number of rotatable bonds is 4. The minimum atomic E-state index is -0.472. The first kappa shape index (κ1) is 19.2. The molecule has 30 heavy (non-hydrogen) atoms. The monoisotopic (exact) mass is 428 g/mol. The van der Waals surface area contributed by atoms with Crippen LogP contribution in [0.15, 0.2) is 47.1 Å². The van der Waals surface area contributed by atoms with Gasteiger partial charge in [0.1, 0.15) is 5.82 Å². The predicted octanol–water partition coefficient (Wildman–Crippen LogP) is 4.09. The average Bonchev–Trinajstić information content (AvgIpc) is 3.42. The molecule has 9 heteroatoms. The third-order valence-electron chi connectivity index (χ3n) is 5.20. The number of aromatic nitrogens is 3. The Morgan fingerprint density at radius 1 is 1.17 bits per heavy atom. The number of thiazole rings is 1. The molecule has 1 fully saturated rings. The second-order valence-corrected chi connectivity index (χ2v) is 8.54. The van der Waals surface area contributed by atoms with E-state index < -0.39 is 6.04 Å². The minimum absolute atomic E-state index is 0.00195. The van der Waals surface area contributed by atoms with E-state index in [1.54, 1.807) is 30.5 Å². The van der Waals surface area contributed by atoms with Gasteiger partial charge in [-0.05, 0) is 32.0 Å². The van der Waals surface area contributed by atoms with E-state index in [4.69, 9.17) is 9.15 Å². The highest BCUT2D eigenvalue weighted by Gasteiger charge is 2.35. The number of hydrogen-bond donors (Lipinski definition) is 1. The van der Waals surface area contributed by atoms with E-state index in [2.05, 4.69) is 15.0 Å². The fourth-order valence-electron chi connectivity index (χ4n) is 4.07. The Kier molecular flexibility index (Phi) is 4.80. The maximum atomic E-state index is 14.9. The van der Waals surface area contributed by atoms with Crippen LogP contribution in [0.25, 0.3) is 16.5 Å². The summed E-state index contributed by atoms with van der Waals surface area (Å²) in [5.41, 5.74) is 0.505. The normalized spacial score (nSPS) is 21.3. The molecule has 0 spiro atoms. The van der Waals surface area contributed by atoms with Crippen LogP contribution in [0.3, 0.4) is 0 Å². The molecule has 1 saturated heterocycles. The predicted molar refractivity (Wildman–Crippen MR) is 110 cm³/mol. The molecular weight excluding hydrogens is 407 g/mol. The Morgan fingerprint density at radius 2 is 1.93 bits per heavy atom. The summed E-state index contributed by atoms with van der Waals surface area (Å²) in [6, 6.07) is 9.72. The summed E-state index contributed by atoms with van der Waals surface area (Å²) in [6.07, 6.45) is 1.54. The summed E-state index contributed by atoms with van der Waals surface area (Å²) in [4.78, 5) is 7.76. The zero-order valence-electron chi connectivity index (χ0n) is 16.5. The van der Waals surface area contributed by atoms with Crippen LogP contribution >= 0.6 is 11.3 Å². The van der Waals surface area contributed by atoms with Gasteiger partial charge >= 0.3 is 0 Å². The van der Waals surface area contributed by atoms with E-state index in [9.17, 15) is 9.50 Å². The van der Waals surface area contributed by atoms with Crippen LogP contribution in [0.1, 0.15) is 30.3 Å². The van der Waals surface area contributed by atoms with Gasteiger partial charge in [0, 0.05) is 18.7 Å². The lowest BCUT2D eigenvalue weighted by Gasteiger charge is -2.40. The maximum absolute atomic E-state index is 14.9. The van der Waals surface area contributed by atoms with Gasteiger partial charge < -0.3 is 14.3 Å². The molecule has 4 aromatic rings. The molecule has 0 unspecified atom stereocenters. The van der Waals surface area contributed by atoms with Crippen molar-refractivity contribution in [3.8, 4) is 17.5 Å². The molecule has 3 atom stereocenters. The van der Waals surface area contributed by atoms with Crippen LogP contribution in [0, 0.1) is 5.82 Å². The minimum Gasteiger partial charge on any atom is -0.492 e. The van der Waals surface area contributed by atoms with Crippen molar-refractivity contribution in [2.24, 2.45) is 0 Å². The molecule has 5 rings (SSSR count). The highest BCUT2D eigenvalue weighted by Crippen LogP contribution is 2.42. The molecule has 1 aliphatic rings. The Hall–Kier alpha value is -2.75. The van der Waals surface area contributed by atoms with Crippen molar-refractivity contribution in [2.75, 3.05) is 13.1 Å². The molecule has 0 aliphatic carbocycles. The van der Waals surface area contributed by atoms with Crippen LogP contribution in [0.4, 0.5) is 4.39 Å². The number of furan rings is 1. The van der Waals surface area contributed by atoms with Crippen LogP contribution in [0.5, 0.6) is 5.88 Å². The van der Waals surface area contributed by atoms with Gasteiger partial charge in [-0.25, -0.2) is 4.39 Å². The Labute approximate surface area is 176 Å². The fraction of sp³-hybridized carbons (Fsp3) is 0.333. The molecule has 0 amide bonds. The number of nitrogens with zero attached hydrogens (tertiary/aromatic N) is 4. The number of hydrogen-bond acceptors (Lipinski definition) is 7. The number of aromatic hydroxyl groups is 1. The summed E-state index contributed by atoms with van der Waals surface area (Å²) < 4.78 is 27.5. The zero-order chi connectivity index (χ0) is 20.8. The molecule has 1 aliphatic heterocycles. The third-order valence-corrected chi connectivity index (χ3v) is 6.27. The smallest absolute Gasteiger partial charge is 0.230 e. The molecule has 0 bridgehead atoms. The van der Waals surface area contributed by atoms with Gasteiger partial charge in [0.05, 0.1) is 29.4 Å².